The molecule has 1 saturated heterocycles. The Hall–Kier alpha value is -2.46. The number of aromatic amines is 1. The highest BCUT2D eigenvalue weighted by atomic mass is 16.1. The number of hydrogen-bond donors (Lipinski definition) is 1. The van der Waals surface area contributed by atoms with Gasteiger partial charge in [-0.25, -0.2) is 4.98 Å². The minimum atomic E-state index is 0.195. The molecule has 0 bridgehead atoms. The third-order valence-electron chi connectivity index (χ3n) is 4.76. The van der Waals surface area contributed by atoms with Gasteiger partial charge in [0.1, 0.15) is 5.82 Å². The molecule has 1 atom stereocenters. The first kappa shape index (κ1) is 15.1. The van der Waals surface area contributed by atoms with Crippen molar-refractivity contribution in [3.8, 4) is 0 Å². The molecular weight excluding hydrogens is 298 g/mol. The van der Waals surface area contributed by atoms with E-state index in [9.17, 15) is 4.79 Å². The zero-order valence-electron chi connectivity index (χ0n) is 13.6. The molecule has 0 aliphatic carbocycles. The smallest absolute Gasteiger partial charge is 0.176 e. The van der Waals surface area contributed by atoms with Gasteiger partial charge in [0.15, 0.2) is 5.78 Å². The quantitative estimate of drug-likeness (QED) is 0.747. The molecule has 0 saturated carbocycles. The summed E-state index contributed by atoms with van der Waals surface area (Å²) in [6.07, 6.45) is 2.22. The van der Waals surface area contributed by atoms with Gasteiger partial charge in [0.2, 0.25) is 0 Å². The van der Waals surface area contributed by atoms with Crippen LogP contribution in [0.3, 0.4) is 0 Å². The maximum Gasteiger partial charge on any atom is 0.176 e. The van der Waals surface area contributed by atoms with E-state index < -0.39 is 0 Å². The number of likely N-dealkylation sites (tertiary alicyclic amines) is 1. The fourth-order valence-electron chi connectivity index (χ4n) is 3.51. The van der Waals surface area contributed by atoms with Crippen LogP contribution in [0.25, 0.3) is 11.0 Å². The molecule has 1 aliphatic heterocycles. The second kappa shape index (κ2) is 6.57. The Bertz CT molecular complexity index is 807. The number of aromatic nitrogens is 2. The fourth-order valence-corrected chi connectivity index (χ4v) is 3.51. The van der Waals surface area contributed by atoms with E-state index in [4.69, 9.17) is 4.98 Å². The summed E-state index contributed by atoms with van der Waals surface area (Å²) in [4.78, 5) is 22.9. The van der Waals surface area contributed by atoms with Crippen LogP contribution in [0.1, 0.15) is 34.9 Å². The summed E-state index contributed by atoms with van der Waals surface area (Å²) in [5.74, 6) is 1.61. The molecule has 1 aromatic heterocycles. The molecule has 1 unspecified atom stereocenters. The number of nitrogens with one attached hydrogen (secondary N) is 1. The zero-order valence-corrected chi connectivity index (χ0v) is 13.6. The number of carbonyl (C=O) groups is 1. The minimum absolute atomic E-state index is 0.195. The van der Waals surface area contributed by atoms with Crippen molar-refractivity contribution < 1.29 is 4.79 Å². The van der Waals surface area contributed by atoms with Gasteiger partial charge < -0.3 is 4.98 Å². The van der Waals surface area contributed by atoms with Crippen LogP contribution in [0.4, 0.5) is 0 Å². The van der Waals surface area contributed by atoms with Crippen LogP contribution in [0.2, 0.25) is 0 Å². The number of hydrogen-bond acceptors (Lipinski definition) is 3. The monoisotopic (exact) mass is 319 g/mol. The number of para-hydroxylation sites is 2. The van der Waals surface area contributed by atoms with Gasteiger partial charge in [-0.1, -0.05) is 42.5 Å². The standard InChI is InChI=1S/C20H21N3O/c24-19(15-7-2-1-3-8-15)14-23-12-6-9-16(13-23)20-21-17-10-4-5-11-18(17)22-20/h1-5,7-8,10-11,16H,6,9,12-14H2,(H,21,22). The van der Waals surface area contributed by atoms with E-state index in [2.05, 4.69) is 16.0 Å². The summed E-state index contributed by atoms with van der Waals surface area (Å²) in [5.41, 5.74) is 2.90. The number of Topliss-reactive ketones (excluding diaryl/α,β-unsaturated/α-hetero) is 1. The fraction of sp³-hybridized carbons (Fsp3) is 0.300. The number of benzene rings is 2. The summed E-state index contributed by atoms with van der Waals surface area (Å²) in [6.45, 7) is 2.36. The van der Waals surface area contributed by atoms with E-state index in [1.165, 1.54) is 0 Å². The van der Waals surface area contributed by atoms with Gasteiger partial charge in [-0.15, -0.1) is 0 Å². The van der Waals surface area contributed by atoms with E-state index in [0.717, 1.165) is 48.4 Å². The van der Waals surface area contributed by atoms with Crippen LogP contribution in [0.5, 0.6) is 0 Å². The van der Waals surface area contributed by atoms with Gasteiger partial charge in [0.25, 0.3) is 0 Å². The predicted octanol–water partition coefficient (Wildman–Crippen LogP) is 3.63. The van der Waals surface area contributed by atoms with Gasteiger partial charge in [0.05, 0.1) is 17.6 Å². The Kier molecular flexibility index (Phi) is 4.13. The maximum atomic E-state index is 12.4. The first-order chi connectivity index (χ1) is 11.8. The lowest BCUT2D eigenvalue weighted by Gasteiger charge is -2.31. The number of rotatable bonds is 4. The van der Waals surface area contributed by atoms with Crippen LogP contribution in [0.15, 0.2) is 54.6 Å². The number of ketones is 1. The molecule has 4 rings (SSSR count). The van der Waals surface area contributed by atoms with Crippen molar-refractivity contribution in [3.05, 3.63) is 66.0 Å². The molecule has 1 aliphatic rings. The second-order valence-electron chi connectivity index (χ2n) is 6.50. The van der Waals surface area contributed by atoms with Gasteiger partial charge in [-0.2, -0.15) is 0 Å². The highest BCUT2D eigenvalue weighted by Crippen LogP contribution is 2.26. The number of nitrogens with zero attached hydrogens (tertiary/aromatic N) is 2. The first-order valence-corrected chi connectivity index (χ1v) is 8.55. The van der Waals surface area contributed by atoms with Crippen molar-refractivity contribution in [3.63, 3.8) is 0 Å². The third kappa shape index (κ3) is 3.10. The summed E-state index contributed by atoms with van der Waals surface area (Å²) in [5, 5.41) is 0. The average Bonchev–Trinajstić information content (AvgIpc) is 3.07. The minimum Gasteiger partial charge on any atom is -0.342 e. The Morgan fingerprint density at radius 2 is 1.92 bits per heavy atom. The van der Waals surface area contributed by atoms with Crippen molar-refractivity contribution in [2.75, 3.05) is 19.6 Å². The summed E-state index contributed by atoms with van der Waals surface area (Å²) in [7, 11) is 0. The molecule has 2 heterocycles. The highest BCUT2D eigenvalue weighted by molar-refractivity contribution is 5.97. The van der Waals surface area contributed by atoms with Crippen molar-refractivity contribution >= 4 is 16.8 Å². The lowest BCUT2D eigenvalue weighted by molar-refractivity contribution is 0.0905. The molecule has 0 spiro atoms. The number of imidazole rings is 1. The molecular formula is C20H21N3O. The van der Waals surface area contributed by atoms with E-state index in [1.54, 1.807) is 0 Å². The lowest BCUT2D eigenvalue weighted by atomic mass is 9.97. The molecule has 0 radical (unpaired) electrons. The second-order valence-corrected chi connectivity index (χ2v) is 6.50. The Morgan fingerprint density at radius 3 is 2.75 bits per heavy atom. The Labute approximate surface area is 141 Å². The van der Waals surface area contributed by atoms with E-state index >= 15 is 0 Å². The van der Waals surface area contributed by atoms with Gasteiger partial charge in [-0.3, -0.25) is 9.69 Å². The van der Waals surface area contributed by atoms with E-state index in [0.29, 0.717) is 12.5 Å². The molecule has 3 aromatic rings. The largest absolute Gasteiger partial charge is 0.342 e. The zero-order chi connectivity index (χ0) is 16.4. The van der Waals surface area contributed by atoms with Crippen molar-refractivity contribution in [2.45, 2.75) is 18.8 Å². The SMILES string of the molecule is O=C(CN1CCCC(c2nc3ccccc3[nH]2)C1)c1ccccc1. The van der Waals surface area contributed by atoms with Gasteiger partial charge >= 0.3 is 0 Å². The van der Waals surface area contributed by atoms with Gasteiger partial charge in [-0.05, 0) is 31.5 Å². The van der Waals surface area contributed by atoms with Crippen molar-refractivity contribution in [2.24, 2.45) is 0 Å². The van der Waals surface area contributed by atoms with Crippen LogP contribution >= 0.6 is 0 Å². The molecule has 1 N–H and O–H groups in total. The maximum absolute atomic E-state index is 12.4. The average molecular weight is 319 g/mol. The number of H-pyrrole nitrogens is 1. The summed E-state index contributed by atoms with van der Waals surface area (Å²) >= 11 is 0. The molecule has 4 heteroatoms. The van der Waals surface area contributed by atoms with Crippen LogP contribution < -0.4 is 0 Å². The summed E-state index contributed by atoms with van der Waals surface area (Å²) < 4.78 is 0. The topological polar surface area (TPSA) is 49.0 Å². The third-order valence-corrected chi connectivity index (χ3v) is 4.76. The van der Waals surface area contributed by atoms with Crippen molar-refractivity contribution in [1.29, 1.82) is 0 Å². The summed E-state index contributed by atoms with van der Waals surface area (Å²) in [6, 6.07) is 17.7. The van der Waals surface area contributed by atoms with Crippen LogP contribution in [-0.4, -0.2) is 40.3 Å². The molecule has 4 nitrogen and oxygen atoms in total. The number of piperidine rings is 1. The molecule has 122 valence electrons. The molecule has 2 aromatic carbocycles. The van der Waals surface area contributed by atoms with E-state index in [1.807, 2.05) is 48.5 Å². The van der Waals surface area contributed by atoms with Crippen LogP contribution in [0, 0.1) is 0 Å². The number of fused-ring (bicyclic) bond motifs is 1. The molecule has 24 heavy (non-hydrogen) atoms. The molecule has 0 amide bonds. The predicted molar refractivity (Wildman–Crippen MR) is 95.3 cm³/mol. The van der Waals surface area contributed by atoms with Crippen LogP contribution in [-0.2, 0) is 0 Å². The van der Waals surface area contributed by atoms with Crippen molar-refractivity contribution in [1.82, 2.24) is 14.9 Å². The molecule has 1 fully saturated rings. The lowest BCUT2D eigenvalue weighted by Crippen LogP contribution is -2.38. The highest BCUT2D eigenvalue weighted by Gasteiger charge is 2.25. The normalized spacial score (nSPS) is 18.8. The van der Waals surface area contributed by atoms with E-state index in [-0.39, 0.29) is 5.78 Å². The Morgan fingerprint density at radius 1 is 1.12 bits per heavy atom. The Balaban J connectivity index is 1.46. The van der Waals surface area contributed by atoms with Gasteiger partial charge in [0, 0.05) is 18.0 Å². The first-order valence-electron chi connectivity index (χ1n) is 8.55. The number of carbonyl (C=O) groups excluding carboxylic acids is 1.